The van der Waals surface area contributed by atoms with Gasteiger partial charge in [-0.15, -0.1) is 0 Å². The molecule has 3 rings (SSSR count). The molecular weight excluding hydrogens is 392 g/mol. The number of aromatic carboxylic acids is 1. The Balaban J connectivity index is 1.94. The number of anilines is 2. The van der Waals surface area contributed by atoms with Crippen molar-refractivity contribution in [2.75, 3.05) is 10.0 Å². The summed E-state index contributed by atoms with van der Waals surface area (Å²) in [4.78, 5) is 23.5. The first-order chi connectivity index (χ1) is 13.8. The van der Waals surface area contributed by atoms with Crippen LogP contribution in [0.3, 0.4) is 0 Å². The van der Waals surface area contributed by atoms with Gasteiger partial charge in [0, 0.05) is 5.69 Å². The molecular formula is C21H17N2O5S-. The van der Waals surface area contributed by atoms with E-state index in [9.17, 15) is 23.1 Å². The SMILES string of the molecule is Cc1ccc(C(=O)[O-])cc1S(=O)(=O)Nc1ccccc1C(=O)Nc1ccccc1. The zero-order valence-corrected chi connectivity index (χ0v) is 16.2. The van der Waals surface area contributed by atoms with Crippen LogP contribution in [0.4, 0.5) is 11.4 Å². The largest absolute Gasteiger partial charge is 0.545 e. The minimum Gasteiger partial charge on any atom is -0.545 e. The standard InChI is InChI=1S/C21H18N2O5S/c1-14-11-12-15(21(25)26)13-19(14)29(27,28)23-18-10-6-5-9-17(18)20(24)22-16-7-3-2-4-8-16/h2-13,23H,1H3,(H,22,24)(H,25,26)/p-1. The summed E-state index contributed by atoms with van der Waals surface area (Å²) in [5.41, 5.74) is 0.847. The number of amides is 1. The van der Waals surface area contributed by atoms with Crippen LogP contribution in [-0.2, 0) is 10.0 Å². The Kier molecular flexibility index (Phi) is 5.65. The molecule has 2 N–H and O–H groups in total. The Hall–Kier alpha value is -3.65. The van der Waals surface area contributed by atoms with Gasteiger partial charge in [0.15, 0.2) is 0 Å². The van der Waals surface area contributed by atoms with Gasteiger partial charge in [0.2, 0.25) is 0 Å². The summed E-state index contributed by atoms with van der Waals surface area (Å²) in [6.07, 6.45) is 0. The van der Waals surface area contributed by atoms with Gasteiger partial charge in [-0.05, 0) is 48.4 Å². The highest BCUT2D eigenvalue weighted by atomic mass is 32.2. The van der Waals surface area contributed by atoms with E-state index in [-0.39, 0.29) is 21.7 Å². The maximum atomic E-state index is 12.9. The normalized spacial score (nSPS) is 10.9. The quantitative estimate of drug-likeness (QED) is 0.649. The van der Waals surface area contributed by atoms with Crippen molar-refractivity contribution in [1.29, 1.82) is 0 Å². The van der Waals surface area contributed by atoms with E-state index in [0.717, 1.165) is 6.07 Å². The second-order valence-corrected chi connectivity index (χ2v) is 7.89. The zero-order chi connectivity index (χ0) is 21.0. The first-order valence-corrected chi connectivity index (χ1v) is 10.1. The molecule has 29 heavy (non-hydrogen) atoms. The van der Waals surface area contributed by atoms with E-state index in [1.54, 1.807) is 49.4 Å². The van der Waals surface area contributed by atoms with Crippen LogP contribution >= 0.6 is 0 Å². The molecule has 0 aliphatic carbocycles. The van der Waals surface area contributed by atoms with E-state index >= 15 is 0 Å². The first-order valence-electron chi connectivity index (χ1n) is 8.58. The number of sulfonamides is 1. The van der Waals surface area contributed by atoms with E-state index in [1.165, 1.54) is 24.3 Å². The number of carbonyl (C=O) groups is 2. The summed E-state index contributed by atoms with van der Waals surface area (Å²) in [7, 11) is -4.15. The molecule has 0 aliphatic rings. The van der Waals surface area contributed by atoms with Crippen molar-refractivity contribution in [3.8, 4) is 0 Å². The van der Waals surface area contributed by atoms with Crippen LogP contribution in [0.25, 0.3) is 0 Å². The fraction of sp³-hybridized carbons (Fsp3) is 0.0476. The number of carbonyl (C=O) groups excluding carboxylic acids is 2. The summed E-state index contributed by atoms with van der Waals surface area (Å²) in [6.45, 7) is 1.54. The van der Waals surface area contributed by atoms with Crippen molar-refractivity contribution in [3.63, 3.8) is 0 Å². The molecule has 3 aromatic rings. The molecule has 0 spiro atoms. The second kappa shape index (κ2) is 8.15. The van der Waals surface area contributed by atoms with Crippen molar-refractivity contribution in [2.24, 2.45) is 0 Å². The molecule has 3 aromatic carbocycles. The molecule has 0 heterocycles. The number of aryl methyl sites for hydroxylation is 1. The minimum atomic E-state index is -4.15. The molecule has 0 radical (unpaired) electrons. The van der Waals surface area contributed by atoms with Gasteiger partial charge in [0.25, 0.3) is 15.9 Å². The highest BCUT2D eigenvalue weighted by molar-refractivity contribution is 7.92. The lowest BCUT2D eigenvalue weighted by molar-refractivity contribution is -0.255. The van der Waals surface area contributed by atoms with Crippen molar-refractivity contribution in [2.45, 2.75) is 11.8 Å². The topological polar surface area (TPSA) is 115 Å². The van der Waals surface area contributed by atoms with Crippen LogP contribution in [0, 0.1) is 6.92 Å². The minimum absolute atomic E-state index is 0.0687. The molecule has 0 atom stereocenters. The lowest BCUT2D eigenvalue weighted by Gasteiger charge is -2.15. The fourth-order valence-corrected chi connectivity index (χ4v) is 4.06. The molecule has 0 saturated heterocycles. The molecule has 0 aromatic heterocycles. The number of rotatable bonds is 6. The Morgan fingerprint density at radius 1 is 0.897 bits per heavy atom. The molecule has 0 aliphatic heterocycles. The van der Waals surface area contributed by atoms with Crippen LogP contribution in [0.1, 0.15) is 26.3 Å². The molecule has 8 heteroatoms. The summed E-state index contributed by atoms with van der Waals surface area (Å²) >= 11 is 0. The maximum absolute atomic E-state index is 12.9. The van der Waals surface area contributed by atoms with Gasteiger partial charge in [0.05, 0.1) is 22.1 Å². The summed E-state index contributed by atoms with van der Waals surface area (Å²) in [6, 6.07) is 18.6. The van der Waals surface area contributed by atoms with Crippen molar-refractivity contribution < 1.29 is 23.1 Å². The number of para-hydroxylation sites is 2. The molecule has 148 valence electrons. The zero-order valence-electron chi connectivity index (χ0n) is 15.4. The summed E-state index contributed by atoms with van der Waals surface area (Å²) in [5, 5.41) is 13.8. The monoisotopic (exact) mass is 409 g/mol. The molecule has 0 fully saturated rings. The number of hydrogen-bond donors (Lipinski definition) is 2. The third kappa shape index (κ3) is 4.61. The lowest BCUT2D eigenvalue weighted by atomic mass is 10.1. The Labute approximate surface area is 168 Å². The van der Waals surface area contributed by atoms with Gasteiger partial charge in [-0.1, -0.05) is 42.5 Å². The van der Waals surface area contributed by atoms with Gasteiger partial charge in [-0.3, -0.25) is 9.52 Å². The Bertz CT molecular complexity index is 1170. The smallest absolute Gasteiger partial charge is 0.262 e. The number of nitrogens with one attached hydrogen (secondary N) is 2. The van der Waals surface area contributed by atoms with E-state index in [2.05, 4.69) is 10.0 Å². The second-order valence-electron chi connectivity index (χ2n) is 6.24. The predicted octanol–water partition coefficient (Wildman–Crippen LogP) is 2.41. The van der Waals surface area contributed by atoms with E-state index in [1.807, 2.05) is 0 Å². The fourth-order valence-electron chi connectivity index (χ4n) is 2.71. The first kappa shape index (κ1) is 20.1. The third-order valence-electron chi connectivity index (χ3n) is 4.16. The van der Waals surface area contributed by atoms with Crippen LogP contribution in [0.5, 0.6) is 0 Å². The van der Waals surface area contributed by atoms with Crippen molar-refractivity contribution in [1.82, 2.24) is 0 Å². The van der Waals surface area contributed by atoms with Gasteiger partial charge in [-0.2, -0.15) is 0 Å². The van der Waals surface area contributed by atoms with Crippen LogP contribution in [0.15, 0.2) is 77.7 Å². The summed E-state index contributed by atoms with van der Waals surface area (Å²) in [5.74, 6) is -1.97. The predicted molar refractivity (Wildman–Crippen MR) is 107 cm³/mol. The van der Waals surface area contributed by atoms with Gasteiger partial charge >= 0.3 is 0 Å². The van der Waals surface area contributed by atoms with Crippen molar-refractivity contribution >= 4 is 33.3 Å². The van der Waals surface area contributed by atoms with Crippen LogP contribution in [-0.4, -0.2) is 20.3 Å². The molecule has 0 bridgehead atoms. The number of hydrogen-bond acceptors (Lipinski definition) is 5. The van der Waals surface area contributed by atoms with E-state index in [4.69, 9.17) is 0 Å². The third-order valence-corrected chi connectivity index (χ3v) is 5.67. The number of benzene rings is 3. The van der Waals surface area contributed by atoms with Crippen molar-refractivity contribution in [3.05, 3.63) is 89.5 Å². The summed E-state index contributed by atoms with van der Waals surface area (Å²) < 4.78 is 28.1. The highest BCUT2D eigenvalue weighted by Crippen LogP contribution is 2.24. The average molecular weight is 409 g/mol. The molecule has 0 saturated carbocycles. The molecule has 0 unspecified atom stereocenters. The number of carboxylic acids is 1. The van der Waals surface area contributed by atoms with E-state index < -0.39 is 21.9 Å². The van der Waals surface area contributed by atoms with Crippen LogP contribution in [0.2, 0.25) is 0 Å². The number of carboxylic acid groups (broad SMARTS) is 1. The van der Waals surface area contributed by atoms with E-state index in [0.29, 0.717) is 11.3 Å². The Morgan fingerprint density at radius 3 is 2.24 bits per heavy atom. The highest BCUT2D eigenvalue weighted by Gasteiger charge is 2.21. The van der Waals surface area contributed by atoms with Gasteiger partial charge in [0.1, 0.15) is 0 Å². The Morgan fingerprint density at radius 2 is 1.55 bits per heavy atom. The van der Waals surface area contributed by atoms with Gasteiger partial charge < -0.3 is 15.2 Å². The molecule has 7 nitrogen and oxygen atoms in total. The van der Waals surface area contributed by atoms with Gasteiger partial charge in [-0.25, -0.2) is 8.42 Å². The van der Waals surface area contributed by atoms with Crippen LogP contribution < -0.4 is 15.1 Å². The average Bonchev–Trinajstić information content (AvgIpc) is 2.68. The molecule has 1 amide bonds. The lowest BCUT2D eigenvalue weighted by Crippen LogP contribution is -2.23. The maximum Gasteiger partial charge on any atom is 0.262 e.